The number of hydrogen-bond acceptors (Lipinski definition) is 0. The predicted molar refractivity (Wildman–Crippen MR) is 212 cm³/mol. The van der Waals surface area contributed by atoms with E-state index in [1.54, 1.807) is 24.3 Å². The number of halogens is 8. The average Bonchev–Trinajstić information content (AvgIpc) is 3.94. The van der Waals surface area contributed by atoms with Crippen LogP contribution in [0.3, 0.4) is 0 Å². The Balaban J connectivity index is 0.000000257. The molecule has 0 unspecified atom stereocenters. The van der Waals surface area contributed by atoms with Crippen molar-refractivity contribution in [1.82, 2.24) is 0 Å². The second-order valence-corrected chi connectivity index (χ2v) is 13.7. The Morgan fingerprint density at radius 1 is 0.519 bits per heavy atom. The summed E-state index contributed by atoms with van der Waals surface area (Å²) in [6, 6.07) is 32.0. The first-order valence-electron chi connectivity index (χ1n) is 17.8. The van der Waals surface area contributed by atoms with Crippen LogP contribution in [0.5, 0.6) is 0 Å². The maximum Gasteiger partial charge on any atom is 4.00 e. The van der Waals surface area contributed by atoms with Gasteiger partial charge in [0.05, 0.1) is 11.1 Å². The summed E-state index contributed by atoms with van der Waals surface area (Å²) in [5.41, 5.74) is 5.22. The molecule has 2 saturated carbocycles. The van der Waals surface area contributed by atoms with Gasteiger partial charge in [-0.05, 0) is 72.9 Å². The van der Waals surface area contributed by atoms with Crippen molar-refractivity contribution >= 4 is 46.4 Å². The minimum Gasteiger partial charge on any atom is -0.372 e. The quantitative estimate of drug-likeness (QED) is 0.0938. The molecule has 6 aromatic rings. The van der Waals surface area contributed by atoms with Crippen LogP contribution in [-0.4, -0.2) is 0 Å². The Morgan fingerprint density at radius 2 is 0.833 bits per heavy atom. The molecule has 54 heavy (non-hydrogen) atoms. The summed E-state index contributed by atoms with van der Waals surface area (Å²) >= 11 is 0. The van der Waals surface area contributed by atoms with Gasteiger partial charge in [-0.3, -0.25) is 0 Å². The van der Waals surface area contributed by atoms with Gasteiger partial charge in [0.2, 0.25) is 0 Å². The van der Waals surface area contributed by atoms with Crippen LogP contribution in [0.25, 0.3) is 43.8 Å². The van der Waals surface area contributed by atoms with Crippen LogP contribution in [0, 0.1) is 13.8 Å². The minimum absolute atomic E-state index is 0. The van der Waals surface area contributed by atoms with Crippen LogP contribution in [-0.2, 0) is 38.2 Å². The van der Waals surface area contributed by atoms with Crippen molar-refractivity contribution in [3.63, 3.8) is 0 Å². The predicted octanol–water partition coefficient (Wildman–Crippen LogP) is 15.7. The second-order valence-electron chi connectivity index (χ2n) is 13.7. The average molecular weight is 948 g/mol. The first-order chi connectivity index (χ1) is 24.5. The zero-order valence-electron chi connectivity index (χ0n) is 29.9. The Bertz CT molecular complexity index is 1880. The van der Waals surface area contributed by atoms with Gasteiger partial charge in [0.1, 0.15) is 0 Å². The van der Waals surface area contributed by atoms with E-state index in [2.05, 4.69) is 50.2 Å². The SMILES string of the molecule is Cl.Cl.FC(F)(F)c1ccc(-c2cccc3[cH-]c(C4CCCC4)cc23)cc1.FC(F)(F)c1ccc(-c2cccc3[cH-]c(C4CCCC4)cc23)cc1.[CH2-]C[CH2-].[Hf+4]. The third-order valence-electron chi connectivity index (χ3n) is 10.2. The summed E-state index contributed by atoms with van der Waals surface area (Å²) in [6.07, 6.45) is 2.29. The van der Waals surface area contributed by atoms with Gasteiger partial charge in [0, 0.05) is 0 Å². The van der Waals surface area contributed by atoms with Gasteiger partial charge in [-0.15, -0.1) is 93.9 Å². The zero-order chi connectivity index (χ0) is 36.2. The molecule has 8 rings (SSSR count). The summed E-state index contributed by atoms with van der Waals surface area (Å²) < 4.78 is 76.5. The Labute approximate surface area is 346 Å². The summed E-state index contributed by atoms with van der Waals surface area (Å²) in [5, 5.41) is 4.63. The molecule has 6 aromatic carbocycles. The van der Waals surface area contributed by atoms with Crippen molar-refractivity contribution in [2.45, 2.75) is 82.0 Å². The summed E-state index contributed by atoms with van der Waals surface area (Å²) in [6.45, 7) is 6.75. The summed E-state index contributed by atoms with van der Waals surface area (Å²) in [7, 11) is 0. The molecule has 2 aliphatic carbocycles. The monoisotopic (exact) mass is 948 g/mol. The number of benzene rings is 4. The molecular formula is C45H44Cl2F6Hf. The van der Waals surface area contributed by atoms with Crippen molar-refractivity contribution in [3.05, 3.63) is 145 Å². The fourth-order valence-electron chi connectivity index (χ4n) is 7.69. The van der Waals surface area contributed by atoms with Gasteiger partial charge >= 0.3 is 38.2 Å². The molecule has 0 heterocycles. The van der Waals surface area contributed by atoms with E-state index in [0.29, 0.717) is 11.8 Å². The van der Waals surface area contributed by atoms with Crippen LogP contribution in [0.4, 0.5) is 26.3 Å². The van der Waals surface area contributed by atoms with Crippen molar-refractivity contribution in [3.8, 4) is 22.3 Å². The number of hydrogen-bond donors (Lipinski definition) is 0. The summed E-state index contributed by atoms with van der Waals surface area (Å²) in [4.78, 5) is 0. The first-order valence-corrected chi connectivity index (χ1v) is 17.8. The van der Waals surface area contributed by atoms with E-state index in [1.165, 1.54) is 73.3 Å². The standard InChI is InChI=1S/2C21H18F3.C3H6.2ClH.Hf/c2*22-21(23,24)18-10-8-15(9-11-18)19-7-3-6-16-12-17(13-20(16)19)14-4-1-2-5-14;1-3-2;;;/h2*3,6-14H,1-2,4-5H2;1-3H2;2*1H;/q2*-1;-2;;;+4. The Kier molecular flexibility index (Phi) is 16.7. The molecule has 0 amide bonds. The van der Waals surface area contributed by atoms with E-state index >= 15 is 0 Å². The molecule has 2 fully saturated rings. The Morgan fingerprint density at radius 3 is 1.13 bits per heavy atom. The smallest absolute Gasteiger partial charge is 0.372 e. The van der Waals surface area contributed by atoms with Gasteiger partial charge in [-0.1, -0.05) is 73.2 Å². The molecule has 0 nitrogen and oxygen atoms in total. The van der Waals surface area contributed by atoms with Crippen LogP contribution < -0.4 is 0 Å². The van der Waals surface area contributed by atoms with Gasteiger partial charge < -0.3 is 20.3 Å². The molecule has 0 radical (unpaired) electrons. The first kappa shape index (κ1) is 45.5. The molecule has 0 bridgehead atoms. The van der Waals surface area contributed by atoms with Crippen molar-refractivity contribution < 1.29 is 52.2 Å². The van der Waals surface area contributed by atoms with Crippen molar-refractivity contribution in [1.29, 1.82) is 0 Å². The number of rotatable bonds is 4. The van der Waals surface area contributed by atoms with Gasteiger partial charge in [-0.2, -0.15) is 38.5 Å². The maximum absolute atomic E-state index is 12.8. The molecule has 9 heteroatoms. The van der Waals surface area contributed by atoms with Gasteiger partial charge in [-0.25, -0.2) is 0 Å². The molecule has 0 aromatic heterocycles. The van der Waals surface area contributed by atoms with Crippen LogP contribution in [0.15, 0.2) is 109 Å². The van der Waals surface area contributed by atoms with E-state index in [9.17, 15) is 26.3 Å². The van der Waals surface area contributed by atoms with E-state index in [-0.39, 0.29) is 50.7 Å². The number of fused-ring (bicyclic) bond motifs is 2. The van der Waals surface area contributed by atoms with Gasteiger partial charge in [0.15, 0.2) is 0 Å². The van der Waals surface area contributed by atoms with Gasteiger partial charge in [0.25, 0.3) is 0 Å². The Hall–Kier alpha value is -2.87. The molecule has 0 spiro atoms. The normalized spacial score (nSPS) is 14.7. The van der Waals surface area contributed by atoms with Crippen molar-refractivity contribution in [2.75, 3.05) is 0 Å². The molecule has 0 N–H and O–H groups in total. The van der Waals surface area contributed by atoms with E-state index < -0.39 is 23.5 Å². The molecule has 2 aliphatic rings. The number of alkyl halides is 6. The molecule has 0 aliphatic heterocycles. The van der Waals surface area contributed by atoms with Crippen LogP contribution in [0.1, 0.15) is 91.9 Å². The van der Waals surface area contributed by atoms with Crippen LogP contribution >= 0.6 is 24.8 Å². The third-order valence-corrected chi connectivity index (χ3v) is 10.2. The fraction of sp³-hybridized carbons (Fsp3) is 0.289. The minimum atomic E-state index is -4.29. The largest absolute Gasteiger partial charge is 4.00 e. The fourth-order valence-corrected chi connectivity index (χ4v) is 7.69. The second kappa shape index (κ2) is 19.8. The van der Waals surface area contributed by atoms with Crippen LogP contribution in [0.2, 0.25) is 0 Å². The molecule has 0 saturated heterocycles. The topological polar surface area (TPSA) is 0 Å². The zero-order valence-corrected chi connectivity index (χ0v) is 35.1. The van der Waals surface area contributed by atoms with E-state index in [1.807, 2.05) is 24.3 Å². The third kappa shape index (κ3) is 10.7. The van der Waals surface area contributed by atoms with E-state index in [4.69, 9.17) is 0 Å². The maximum atomic E-state index is 12.8. The molecular weight excluding hydrogens is 904 g/mol. The summed E-state index contributed by atoms with van der Waals surface area (Å²) in [5.74, 6) is 1.27. The molecule has 0 atom stereocenters. The van der Waals surface area contributed by atoms with E-state index in [0.717, 1.165) is 63.7 Å². The molecule has 284 valence electrons. The van der Waals surface area contributed by atoms with Crippen molar-refractivity contribution in [2.24, 2.45) is 0 Å².